The largest absolute Gasteiger partial charge is 0.493 e. The first-order chi connectivity index (χ1) is 11.6. The Morgan fingerprint density at radius 2 is 1.71 bits per heavy atom. The lowest BCUT2D eigenvalue weighted by atomic mass is 10.1. The van der Waals surface area contributed by atoms with E-state index in [1.165, 1.54) is 0 Å². The van der Waals surface area contributed by atoms with Crippen molar-refractivity contribution >= 4 is 12.0 Å². The maximum absolute atomic E-state index is 12.4. The zero-order valence-corrected chi connectivity index (χ0v) is 14.5. The number of methoxy groups -OCH3 is 2. The van der Waals surface area contributed by atoms with Crippen molar-refractivity contribution in [3.05, 3.63) is 65.7 Å². The van der Waals surface area contributed by atoms with Crippen molar-refractivity contribution in [2.75, 3.05) is 21.3 Å². The molecule has 0 spiro atoms. The lowest BCUT2D eigenvalue weighted by molar-refractivity contribution is -0.126. The van der Waals surface area contributed by atoms with Crippen LogP contribution in [0.25, 0.3) is 6.08 Å². The van der Waals surface area contributed by atoms with Crippen molar-refractivity contribution in [1.82, 2.24) is 4.90 Å². The number of benzene rings is 2. The molecule has 0 saturated heterocycles. The summed E-state index contributed by atoms with van der Waals surface area (Å²) in [6.45, 7) is 2.01. The maximum atomic E-state index is 12.4. The highest BCUT2D eigenvalue weighted by Crippen LogP contribution is 2.28. The summed E-state index contributed by atoms with van der Waals surface area (Å²) in [5.74, 6) is 1.25. The first kappa shape index (κ1) is 17.6. The fourth-order valence-corrected chi connectivity index (χ4v) is 2.39. The summed E-state index contributed by atoms with van der Waals surface area (Å²) in [6.07, 6.45) is 3.35. The Balaban J connectivity index is 2.09. The van der Waals surface area contributed by atoms with Crippen molar-refractivity contribution < 1.29 is 14.3 Å². The third-order valence-corrected chi connectivity index (χ3v) is 4.04. The van der Waals surface area contributed by atoms with E-state index in [1.54, 1.807) is 38.3 Å². The van der Waals surface area contributed by atoms with Gasteiger partial charge in [-0.15, -0.1) is 0 Å². The van der Waals surface area contributed by atoms with Crippen LogP contribution in [0.1, 0.15) is 24.1 Å². The molecule has 24 heavy (non-hydrogen) atoms. The summed E-state index contributed by atoms with van der Waals surface area (Å²) in [5.41, 5.74) is 1.98. The van der Waals surface area contributed by atoms with Gasteiger partial charge in [0, 0.05) is 13.1 Å². The molecular formula is C20H23NO3. The summed E-state index contributed by atoms with van der Waals surface area (Å²) in [4.78, 5) is 14.1. The van der Waals surface area contributed by atoms with Gasteiger partial charge in [0.1, 0.15) is 0 Å². The van der Waals surface area contributed by atoms with Crippen LogP contribution in [0.2, 0.25) is 0 Å². The highest BCUT2D eigenvalue weighted by Gasteiger charge is 2.14. The van der Waals surface area contributed by atoms with Crippen molar-refractivity contribution in [2.45, 2.75) is 13.0 Å². The van der Waals surface area contributed by atoms with E-state index in [4.69, 9.17) is 9.47 Å². The molecule has 0 bridgehead atoms. The Hall–Kier alpha value is -2.75. The summed E-state index contributed by atoms with van der Waals surface area (Å²) < 4.78 is 10.5. The second-order valence-corrected chi connectivity index (χ2v) is 5.48. The molecule has 2 aromatic rings. The third kappa shape index (κ3) is 4.16. The average molecular weight is 325 g/mol. The van der Waals surface area contributed by atoms with E-state index < -0.39 is 0 Å². The molecule has 4 nitrogen and oxygen atoms in total. The topological polar surface area (TPSA) is 38.8 Å². The van der Waals surface area contributed by atoms with Gasteiger partial charge in [-0.25, -0.2) is 0 Å². The molecule has 2 rings (SSSR count). The quantitative estimate of drug-likeness (QED) is 0.755. The number of nitrogens with zero attached hydrogens (tertiary/aromatic N) is 1. The molecule has 0 radical (unpaired) electrons. The molecule has 0 aromatic heterocycles. The summed E-state index contributed by atoms with van der Waals surface area (Å²) in [7, 11) is 4.99. The Morgan fingerprint density at radius 1 is 1.04 bits per heavy atom. The van der Waals surface area contributed by atoms with Crippen LogP contribution in [0, 0.1) is 0 Å². The number of carbonyl (C=O) groups is 1. The highest BCUT2D eigenvalue weighted by molar-refractivity contribution is 5.92. The average Bonchev–Trinajstić information content (AvgIpc) is 2.65. The van der Waals surface area contributed by atoms with Gasteiger partial charge in [-0.05, 0) is 36.3 Å². The number of likely N-dealkylation sites (N-methyl/N-ethyl adjacent to an activating group) is 1. The van der Waals surface area contributed by atoms with E-state index in [1.807, 2.05) is 55.5 Å². The SMILES string of the molecule is COc1ccc(C=CC(=O)N(C)C(C)c2ccccc2)cc1OC. The molecule has 0 aliphatic rings. The van der Waals surface area contributed by atoms with E-state index in [0.29, 0.717) is 11.5 Å². The number of hydrogen-bond acceptors (Lipinski definition) is 3. The number of ether oxygens (including phenoxy) is 2. The standard InChI is InChI=1S/C20H23NO3/c1-15(17-8-6-5-7-9-17)21(2)20(22)13-11-16-10-12-18(23-3)19(14-16)24-4/h5-15H,1-4H3. The maximum Gasteiger partial charge on any atom is 0.246 e. The lowest BCUT2D eigenvalue weighted by Gasteiger charge is -2.24. The van der Waals surface area contributed by atoms with Crippen molar-refractivity contribution in [2.24, 2.45) is 0 Å². The van der Waals surface area contributed by atoms with Gasteiger partial charge >= 0.3 is 0 Å². The molecule has 0 heterocycles. The number of carbonyl (C=O) groups excluding carboxylic acids is 1. The minimum atomic E-state index is -0.0545. The van der Waals surface area contributed by atoms with Gasteiger partial charge < -0.3 is 14.4 Å². The molecule has 126 valence electrons. The second-order valence-electron chi connectivity index (χ2n) is 5.48. The normalized spacial score (nSPS) is 12.0. The van der Waals surface area contributed by atoms with Gasteiger partial charge in [-0.2, -0.15) is 0 Å². The van der Waals surface area contributed by atoms with Crippen molar-refractivity contribution in [1.29, 1.82) is 0 Å². The van der Waals surface area contributed by atoms with Gasteiger partial charge in [0.25, 0.3) is 0 Å². The Morgan fingerprint density at radius 3 is 2.33 bits per heavy atom. The molecule has 0 saturated carbocycles. The molecule has 1 unspecified atom stereocenters. The van der Waals surface area contributed by atoms with Crippen LogP contribution in [-0.2, 0) is 4.79 Å². The highest BCUT2D eigenvalue weighted by atomic mass is 16.5. The summed E-state index contributed by atoms with van der Waals surface area (Å²) >= 11 is 0. The minimum Gasteiger partial charge on any atom is -0.493 e. The number of hydrogen-bond donors (Lipinski definition) is 0. The van der Waals surface area contributed by atoms with Gasteiger partial charge in [-0.3, -0.25) is 4.79 Å². The molecule has 0 aliphatic heterocycles. The molecular weight excluding hydrogens is 302 g/mol. The van der Waals surface area contributed by atoms with Gasteiger partial charge in [-0.1, -0.05) is 36.4 Å². The van der Waals surface area contributed by atoms with Gasteiger partial charge in [0.05, 0.1) is 20.3 Å². The van der Waals surface area contributed by atoms with E-state index in [0.717, 1.165) is 11.1 Å². The van der Waals surface area contributed by atoms with Crippen molar-refractivity contribution in [3.8, 4) is 11.5 Å². The first-order valence-electron chi connectivity index (χ1n) is 7.78. The van der Waals surface area contributed by atoms with Crippen LogP contribution in [0.5, 0.6) is 11.5 Å². The second kappa shape index (κ2) is 8.20. The van der Waals surface area contributed by atoms with E-state index >= 15 is 0 Å². The molecule has 1 amide bonds. The van der Waals surface area contributed by atoms with Crippen LogP contribution < -0.4 is 9.47 Å². The molecule has 1 atom stereocenters. The fraction of sp³-hybridized carbons (Fsp3) is 0.250. The number of amides is 1. The predicted octanol–water partition coefficient (Wildman–Crippen LogP) is 3.94. The van der Waals surface area contributed by atoms with Crippen LogP contribution in [0.4, 0.5) is 0 Å². The molecule has 0 aliphatic carbocycles. The summed E-state index contributed by atoms with van der Waals surface area (Å²) in [6, 6.07) is 15.5. The van der Waals surface area contributed by atoms with E-state index in [9.17, 15) is 4.79 Å². The molecule has 0 fully saturated rings. The van der Waals surface area contributed by atoms with Gasteiger partial charge in [0.2, 0.25) is 5.91 Å². The van der Waals surface area contributed by atoms with Crippen LogP contribution in [-0.4, -0.2) is 32.1 Å². The molecule has 2 aromatic carbocycles. The monoisotopic (exact) mass is 325 g/mol. The Bertz CT molecular complexity index is 710. The van der Waals surface area contributed by atoms with Crippen LogP contribution in [0.15, 0.2) is 54.6 Å². The zero-order chi connectivity index (χ0) is 17.5. The zero-order valence-electron chi connectivity index (χ0n) is 14.5. The van der Waals surface area contributed by atoms with E-state index in [-0.39, 0.29) is 11.9 Å². The van der Waals surface area contributed by atoms with Crippen LogP contribution in [0.3, 0.4) is 0 Å². The van der Waals surface area contributed by atoms with Crippen LogP contribution >= 0.6 is 0 Å². The minimum absolute atomic E-state index is 0.00811. The Kier molecular flexibility index (Phi) is 6.01. The number of rotatable bonds is 6. The third-order valence-electron chi connectivity index (χ3n) is 4.04. The van der Waals surface area contributed by atoms with Gasteiger partial charge in [0.15, 0.2) is 11.5 Å². The predicted molar refractivity (Wildman–Crippen MR) is 96.2 cm³/mol. The first-order valence-corrected chi connectivity index (χ1v) is 7.78. The summed E-state index contributed by atoms with van der Waals surface area (Å²) in [5, 5.41) is 0. The Labute approximate surface area is 143 Å². The molecule has 4 heteroatoms. The fourth-order valence-electron chi connectivity index (χ4n) is 2.39. The lowest BCUT2D eigenvalue weighted by Crippen LogP contribution is -2.27. The molecule has 0 N–H and O–H groups in total. The smallest absolute Gasteiger partial charge is 0.246 e. The van der Waals surface area contributed by atoms with Crippen molar-refractivity contribution in [3.63, 3.8) is 0 Å². The van der Waals surface area contributed by atoms with E-state index in [2.05, 4.69) is 0 Å².